The first-order chi connectivity index (χ1) is 20.7. The van der Waals surface area contributed by atoms with Gasteiger partial charge in [0.05, 0.1) is 11.2 Å². The molecule has 240 valence electrons. The van der Waals surface area contributed by atoms with E-state index in [1.807, 2.05) is 0 Å². The molecule has 2 atom stereocenters. The molecule has 0 bridgehead atoms. The quantitative estimate of drug-likeness (QED) is 0.201. The largest absolute Gasteiger partial charge is 0.457 e. The molecule has 2 aromatic carbocycles. The van der Waals surface area contributed by atoms with Crippen LogP contribution in [0.25, 0.3) is 11.1 Å². The monoisotopic (exact) mass is 599 g/mol. The first kappa shape index (κ1) is 33.4. The highest BCUT2D eigenvalue weighted by Crippen LogP contribution is 2.46. The Morgan fingerprint density at radius 1 is 0.886 bits per heavy atom. The van der Waals surface area contributed by atoms with Crippen molar-refractivity contribution < 1.29 is 14.1 Å². The second-order valence-electron chi connectivity index (χ2n) is 16.5. The Balaban J connectivity index is 1.22. The molecule has 5 rings (SSSR count). The van der Waals surface area contributed by atoms with Crippen LogP contribution in [0.1, 0.15) is 124 Å². The van der Waals surface area contributed by atoms with Gasteiger partial charge < -0.3 is 9.31 Å². The lowest BCUT2D eigenvalue weighted by atomic mass is 9.64. The van der Waals surface area contributed by atoms with E-state index < -0.39 is 0 Å². The number of nitrogens with zero attached hydrogens (tertiary/aromatic N) is 1. The molecule has 2 fully saturated rings. The van der Waals surface area contributed by atoms with Crippen LogP contribution in [-0.4, -0.2) is 42.1 Å². The van der Waals surface area contributed by atoms with Gasteiger partial charge in [-0.15, -0.1) is 0 Å². The van der Waals surface area contributed by atoms with E-state index in [0.717, 1.165) is 51.5 Å². The van der Waals surface area contributed by atoms with E-state index in [1.165, 1.54) is 41.5 Å². The summed E-state index contributed by atoms with van der Waals surface area (Å²) in [6, 6.07) is 18.4. The maximum atomic E-state index is 14.0. The normalized spacial score (nSPS) is 23.7. The first-order valence-corrected chi connectivity index (χ1v) is 17.5. The number of piperidine rings is 1. The summed E-state index contributed by atoms with van der Waals surface area (Å²) in [4.78, 5) is 16.8. The lowest BCUT2D eigenvalue weighted by molar-refractivity contribution is -0.135. The van der Waals surface area contributed by atoms with Gasteiger partial charge in [0.1, 0.15) is 5.78 Å². The zero-order valence-corrected chi connectivity index (χ0v) is 29.0. The van der Waals surface area contributed by atoms with Gasteiger partial charge in [0, 0.05) is 17.9 Å². The average Bonchev–Trinajstić information content (AvgIpc) is 3.19. The van der Waals surface area contributed by atoms with Crippen LogP contribution in [-0.2, 0) is 20.5 Å². The van der Waals surface area contributed by atoms with E-state index >= 15 is 0 Å². The molecule has 2 aliphatic heterocycles. The summed E-state index contributed by atoms with van der Waals surface area (Å²) in [5.41, 5.74) is 4.85. The highest BCUT2D eigenvalue weighted by molar-refractivity contribution is 6.45. The predicted octanol–water partition coefficient (Wildman–Crippen LogP) is 9.72. The smallest absolute Gasteiger partial charge is 0.403 e. The summed E-state index contributed by atoms with van der Waals surface area (Å²) < 4.78 is 12.5. The molecule has 0 aromatic heterocycles. The fraction of sp³-hybridized carbons (Fsp3) is 0.667. The third kappa shape index (κ3) is 7.37. The Labute approximate surface area is 268 Å². The van der Waals surface area contributed by atoms with Crippen molar-refractivity contribution in [2.45, 2.75) is 137 Å². The summed E-state index contributed by atoms with van der Waals surface area (Å²) in [6.07, 6.45) is 10.4. The van der Waals surface area contributed by atoms with Crippen molar-refractivity contribution in [1.82, 2.24) is 4.90 Å². The number of benzene rings is 2. The lowest BCUT2D eigenvalue weighted by Crippen LogP contribution is -2.45. The molecule has 44 heavy (non-hydrogen) atoms. The van der Waals surface area contributed by atoms with Crippen molar-refractivity contribution in [3.05, 3.63) is 59.7 Å². The molecule has 4 nitrogen and oxygen atoms in total. The van der Waals surface area contributed by atoms with Crippen molar-refractivity contribution in [2.75, 3.05) is 13.1 Å². The Bertz CT molecular complexity index is 1260. The summed E-state index contributed by atoms with van der Waals surface area (Å²) in [5.74, 6) is 0.907. The molecule has 1 aliphatic carbocycles. The predicted molar refractivity (Wildman–Crippen MR) is 184 cm³/mol. The van der Waals surface area contributed by atoms with Gasteiger partial charge in [-0.2, -0.15) is 0 Å². The van der Waals surface area contributed by atoms with Gasteiger partial charge in [-0.3, -0.25) is 9.69 Å². The van der Waals surface area contributed by atoms with Crippen LogP contribution >= 0.6 is 0 Å². The van der Waals surface area contributed by atoms with Gasteiger partial charge in [0.25, 0.3) is 0 Å². The van der Waals surface area contributed by atoms with Crippen LogP contribution in [0.15, 0.2) is 48.5 Å². The van der Waals surface area contributed by atoms with Crippen molar-refractivity contribution in [3.8, 4) is 11.1 Å². The molecule has 2 unspecified atom stereocenters. The molecule has 0 saturated carbocycles. The Morgan fingerprint density at radius 3 is 2.18 bits per heavy atom. The van der Waals surface area contributed by atoms with Gasteiger partial charge in [-0.1, -0.05) is 89.1 Å². The maximum Gasteiger partial charge on any atom is 0.457 e. The van der Waals surface area contributed by atoms with Crippen molar-refractivity contribution >= 4 is 12.9 Å². The number of aryl methyl sites for hydroxylation is 1. The van der Waals surface area contributed by atoms with Gasteiger partial charge >= 0.3 is 7.12 Å². The molecular weight excluding hydrogens is 541 g/mol. The number of Topliss-reactive ketones (excluding diaryl/α,β-unsaturated/α-hetero) is 1. The van der Waals surface area contributed by atoms with E-state index in [-0.39, 0.29) is 29.2 Å². The summed E-state index contributed by atoms with van der Waals surface area (Å²) in [6.45, 7) is 19.6. The molecule has 3 aliphatic rings. The number of ketones is 1. The summed E-state index contributed by atoms with van der Waals surface area (Å²) in [5, 5.41) is 0. The molecule has 0 spiro atoms. The number of fused-ring (bicyclic) bond motifs is 1. The Kier molecular flexibility index (Phi) is 9.91. The highest BCUT2D eigenvalue weighted by Gasteiger charge is 2.50. The Morgan fingerprint density at radius 2 is 1.55 bits per heavy atom. The van der Waals surface area contributed by atoms with E-state index in [1.54, 1.807) is 0 Å². The number of hydrogen-bond acceptors (Lipinski definition) is 4. The highest BCUT2D eigenvalue weighted by atomic mass is 16.7. The van der Waals surface area contributed by atoms with E-state index in [2.05, 4.69) is 109 Å². The van der Waals surface area contributed by atoms with E-state index in [4.69, 9.17) is 9.31 Å². The number of hydrogen-bond donors (Lipinski definition) is 0. The zero-order chi connectivity index (χ0) is 31.8. The van der Waals surface area contributed by atoms with E-state index in [0.29, 0.717) is 24.2 Å². The maximum absolute atomic E-state index is 14.0. The van der Waals surface area contributed by atoms with Crippen LogP contribution in [0.2, 0.25) is 6.32 Å². The van der Waals surface area contributed by atoms with Crippen LogP contribution in [0.3, 0.4) is 0 Å². The third-order valence-electron chi connectivity index (χ3n) is 11.4. The SMILES string of the molecule is CC(C)(C)CC(=O)C(C)(CCCCB1OC(C)(C)C(C)(C)O1)C1CCN(C2CCCc3cc(-c4ccccc4)ccc32)CC1. The minimum absolute atomic E-state index is 0.00610. The average molecular weight is 600 g/mol. The zero-order valence-electron chi connectivity index (χ0n) is 29.0. The van der Waals surface area contributed by atoms with Gasteiger partial charge in [0.2, 0.25) is 0 Å². The van der Waals surface area contributed by atoms with Crippen LogP contribution < -0.4 is 0 Å². The fourth-order valence-electron chi connectivity index (χ4n) is 7.97. The third-order valence-corrected chi connectivity index (χ3v) is 11.4. The number of rotatable bonds is 10. The molecule has 5 heteroatoms. The molecular formula is C39H58BNO3. The first-order valence-electron chi connectivity index (χ1n) is 17.5. The molecule has 0 amide bonds. The summed E-state index contributed by atoms with van der Waals surface area (Å²) >= 11 is 0. The molecule has 0 radical (unpaired) electrons. The number of likely N-dealkylation sites (tertiary alicyclic amines) is 1. The lowest BCUT2D eigenvalue weighted by Gasteiger charge is -2.46. The topological polar surface area (TPSA) is 38.8 Å². The Hall–Kier alpha value is -1.95. The van der Waals surface area contributed by atoms with E-state index in [9.17, 15) is 4.79 Å². The number of carbonyl (C=O) groups is 1. The second kappa shape index (κ2) is 13.0. The number of carbonyl (C=O) groups excluding carboxylic acids is 1. The minimum Gasteiger partial charge on any atom is -0.403 e. The summed E-state index contributed by atoms with van der Waals surface area (Å²) in [7, 11) is -0.151. The van der Waals surface area contributed by atoms with Gasteiger partial charge in [0.15, 0.2) is 0 Å². The molecule has 2 saturated heterocycles. The molecule has 2 heterocycles. The van der Waals surface area contributed by atoms with Crippen LogP contribution in [0, 0.1) is 16.7 Å². The van der Waals surface area contributed by atoms with Crippen LogP contribution in [0.5, 0.6) is 0 Å². The van der Waals surface area contributed by atoms with Gasteiger partial charge in [-0.25, -0.2) is 0 Å². The molecule has 2 aromatic rings. The van der Waals surface area contributed by atoms with Crippen molar-refractivity contribution in [2.24, 2.45) is 16.7 Å². The van der Waals surface area contributed by atoms with Crippen molar-refractivity contribution in [3.63, 3.8) is 0 Å². The van der Waals surface area contributed by atoms with Crippen LogP contribution in [0.4, 0.5) is 0 Å². The standard InChI is InChI=1S/C39H58BNO3/c1-36(2,3)28-35(42)39(8,23-12-13-24-40-43-37(4,5)38(6,7)44-40)32-21-25-41(26-22-32)34-18-14-17-31-27-30(19-20-33(31)34)29-15-10-9-11-16-29/h9-11,15-16,19-20,27,32,34H,12-14,17-18,21-26,28H2,1-8H3. The van der Waals surface area contributed by atoms with Crippen molar-refractivity contribution in [1.29, 1.82) is 0 Å². The fourth-order valence-corrected chi connectivity index (χ4v) is 7.97. The minimum atomic E-state index is -0.286. The molecule has 0 N–H and O–H groups in total. The number of unbranched alkanes of at least 4 members (excludes halogenated alkanes) is 1. The van der Waals surface area contributed by atoms with Gasteiger partial charge in [-0.05, 0) is 119 Å². The second-order valence-corrected chi connectivity index (χ2v) is 16.5.